The summed E-state index contributed by atoms with van der Waals surface area (Å²) >= 11 is 6.04. The first-order chi connectivity index (χ1) is 10.9. The Kier molecular flexibility index (Phi) is 4.23. The predicted octanol–water partition coefficient (Wildman–Crippen LogP) is 3.69. The number of benzene rings is 1. The lowest BCUT2D eigenvalue weighted by Crippen LogP contribution is -2.53. The molecule has 1 saturated carbocycles. The van der Waals surface area contributed by atoms with Crippen LogP contribution in [-0.2, 0) is 12.0 Å². The Morgan fingerprint density at radius 3 is 2.61 bits per heavy atom. The van der Waals surface area contributed by atoms with Gasteiger partial charge in [0.05, 0.1) is 12.1 Å². The molecule has 5 heteroatoms. The van der Waals surface area contributed by atoms with Crippen molar-refractivity contribution >= 4 is 11.6 Å². The minimum absolute atomic E-state index is 0.215. The summed E-state index contributed by atoms with van der Waals surface area (Å²) in [7, 11) is 0. The van der Waals surface area contributed by atoms with Gasteiger partial charge in [0.2, 0.25) is 0 Å². The van der Waals surface area contributed by atoms with E-state index in [2.05, 4.69) is 30.9 Å². The van der Waals surface area contributed by atoms with Crippen molar-refractivity contribution in [1.82, 2.24) is 14.8 Å². The molecule has 1 aliphatic carbocycles. The first-order valence-corrected chi connectivity index (χ1v) is 8.55. The molecule has 3 unspecified atom stereocenters. The number of hydrogen-bond acceptors (Lipinski definition) is 3. The van der Waals surface area contributed by atoms with E-state index in [1.54, 1.807) is 11.0 Å². The fourth-order valence-corrected chi connectivity index (χ4v) is 4.38. The van der Waals surface area contributed by atoms with Crippen LogP contribution in [0.2, 0.25) is 5.02 Å². The summed E-state index contributed by atoms with van der Waals surface area (Å²) in [4.78, 5) is 4.02. The number of aromatic nitrogens is 3. The van der Waals surface area contributed by atoms with Crippen molar-refractivity contribution in [3.05, 3.63) is 47.5 Å². The maximum absolute atomic E-state index is 11.8. The molecule has 0 saturated heterocycles. The van der Waals surface area contributed by atoms with E-state index in [1.807, 2.05) is 24.3 Å². The van der Waals surface area contributed by atoms with E-state index in [4.69, 9.17) is 11.6 Å². The third-order valence-electron chi connectivity index (χ3n) is 5.68. The molecule has 0 radical (unpaired) electrons. The molecular formula is C18H24ClN3O. The highest BCUT2D eigenvalue weighted by Gasteiger charge is 2.58. The van der Waals surface area contributed by atoms with Crippen molar-refractivity contribution in [1.29, 1.82) is 0 Å². The van der Waals surface area contributed by atoms with Crippen LogP contribution in [0.15, 0.2) is 36.9 Å². The van der Waals surface area contributed by atoms with Crippen LogP contribution < -0.4 is 0 Å². The van der Waals surface area contributed by atoms with E-state index in [-0.39, 0.29) is 11.3 Å². The topological polar surface area (TPSA) is 50.9 Å². The van der Waals surface area contributed by atoms with Crippen molar-refractivity contribution in [3.63, 3.8) is 0 Å². The summed E-state index contributed by atoms with van der Waals surface area (Å²) in [5.41, 5.74) is -0.0751. The minimum Gasteiger partial charge on any atom is -0.387 e. The molecule has 1 heterocycles. The summed E-state index contributed by atoms with van der Waals surface area (Å²) in [6, 6.07) is 7.89. The molecule has 1 aromatic heterocycles. The number of hydrogen-bond donors (Lipinski definition) is 1. The lowest BCUT2D eigenvalue weighted by Gasteiger charge is -2.44. The molecule has 0 spiro atoms. The number of aliphatic hydroxyl groups is 1. The molecule has 124 valence electrons. The Morgan fingerprint density at radius 1 is 1.35 bits per heavy atom. The maximum Gasteiger partial charge on any atom is 0.137 e. The second-order valence-electron chi connectivity index (χ2n) is 7.25. The van der Waals surface area contributed by atoms with Crippen LogP contribution in [0.25, 0.3) is 0 Å². The van der Waals surface area contributed by atoms with E-state index >= 15 is 0 Å². The zero-order valence-electron chi connectivity index (χ0n) is 13.9. The molecule has 1 aliphatic rings. The van der Waals surface area contributed by atoms with E-state index in [9.17, 15) is 5.11 Å². The smallest absolute Gasteiger partial charge is 0.137 e. The van der Waals surface area contributed by atoms with Gasteiger partial charge in [-0.1, -0.05) is 44.5 Å². The molecule has 23 heavy (non-hydrogen) atoms. The van der Waals surface area contributed by atoms with Crippen LogP contribution in [0.3, 0.4) is 0 Å². The molecule has 1 N–H and O–H groups in total. The number of nitrogens with zero attached hydrogens (tertiary/aromatic N) is 3. The summed E-state index contributed by atoms with van der Waals surface area (Å²) < 4.78 is 1.74. The Labute approximate surface area is 142 Å². The van der Waals surface area contributed by atoms with Gasteiger partial charge in [0.1, 0.15) is 12.7 Å². The van der Waals surface area contributed by atoms with Crippen LogP contribution >= 0.6 is 11.6 Å². The summed E-state index contributed by atoms with van der Waals surface area (Å²) in [6.45, 7) is 6.99. The van der Waals surface area contributed by atoms with Gasteiger partial charge in [0.15, 0.2) is 0 Å². The van der Waals surface area contributed by atoms with Gasteiger partial charge in [-0.25, -0.2) is 4.98 Å². The van der Waals surface area contributed by atoms with Crippen LogP contribution in [0.1, 0.15) is 39.2 Å². The quantitative estimate of drug-likeness (QED) is 0.928. The molecule has 4 nitrogen and oxygen atoms in total. The second-order valence-corrected chi connectivity index (χ2v) is 7.68. The number of halogens is 1. The van der Waals surface area contributed by atoms with Gasteiger partial charge in [-0.3, -0.25) is 4.68 Å². The van der Waals surface area contributed by atoms with Crippen LogP contribution in [-0.4, -0.2) is 25.5 Å². The molecular weight excluding hydrogens is 310 g/mol. The average Bonchev–Trinajstić information content (AvgIpc) is 3.08. The molecule has 0 bridgehead atoms. The standard InChI is InChI=1S/C18H24ClN3O/c1-13(2)16-8-9-17(3,14-4-6-15(19)7-5-14)18(16,23)10-22-12-20-11-21-22/h4-7,11-13,16,23H,8-10H2,1-3H3. The minimum atomic E-state index is -0.872. The van der Waals surface area contributed by atoms with Gasteiger partial charge < -0.3 is 5.11 Å². The monoisotopic (exact) mass is 333 g/mol. The van der Waals surface area contributed by atoms with Gasteiger partial charge in [-0.05, 0) is 42.4 Å². The molecule has 1 aromatic carbocycles. The largest absolute Gasteiger partial charge is 0.387 e. The lowest BCUT2D eigenvalue weighted by atomic mass is 9.66. The van der Waals surface area contributed by atoms with Crippen molar-refractivity contribution in [2.24, 2.45) is 11.8 Å². The van der Waals surface area contributed by atoms with E-state index in [0.717, 1.165) is 23.4 Å². The molecule has 3 rings (SSSR count). The zero-order valence-corrected chi connectivity index (χ0v) is 14.7. The Bertz CT molecular complexity index is 655. The van der Waals surface area contributed by atoms with Crippen LogP contribution in [0.4, 0.5) is 0 Å². The van der Waals surface area contributed by atoms with Gasteiger partial charge in [-0.2, -0.15) is 5.10 Å². The van der Waals surface area contributed by atoms with E-state index in [1.165, 1.54) is 6.33 Å². The van der Waals surface area contributed by atoms with Crippen LogP contribution in [0.5, 0.6) is 0 Å². The SMILES string of the molecule is CC(C)C1CCC(C)(c2ccc(Cl)cc2)C1(O)Cn1cncn1. The fourth-order valence-electron chi connectivity index (χ4n) is 4.26. The van der Waals surface area contributed by atoms with Crippen molar-refractivity contribution in [2.75, 3.05) is 0 Å². The number of rotatable bonds is 4. The second kappa shape index (κ2) is 5.91. The van der Waals surface area contributed by atoms with Crippen molar-refractivity contribution in [2.45, 2.75) is 51.2 Å². The molecule has 1 fully saturated rings. The van der Waals surface area contributed by atoms with Gasteiger partial charge in [0.25, 0.3) is 0 Å². The van der Waals surface area contributed by atoms with E-state index < -0.39 is 5.60 Å². The average molecular weight is 334 g/mol. The van der Waals surface area contributed by atoms with Crippen LogP contribution in [0, 0.1) is 11.8 Å². The Hall–Kier alpha value is -1.39. The third kappa shape index (κ3) is 2.68. The van der Waals surface area contributed by atoms with E-state index in [0.29, 0.717) is 12.5 Å². The van der Waals surface area contributed by atoms with Gasteiger partial charge >= 0.3 is 0 Å². The highest BCUT2D eigenvalue weighted by atomic mass is 35.5. The summed E-state index contributed by atoms with van der Waals surface area (Å²) in [5, 5.41) is 16.7. The normalized spacial score (nSPS) is 31.0. The molecule has 0 amide bonds. The first kappa shape index (κ1) is 16.5. The van der Waals surface area contributed by atoms with Gasteiger partial charge in [-0.15, -0.1) is 0 Å². The van der Waals surface area contributed by atoms with Gasteiger partial charge in [0, 0.05) is 10.4 Å². The Morgan fingerprint density at radius 2 is 2.04 bits per heavy atom. The molecule has 0 aliphatic heterocycles. The third-order valence-corrected chi connectivity index (χ3v) is 5.93. The first-order valence-electron chi connectivity index (χ1n) is 8.18. The van der Waals surface area contributed by atoms with Crippen molar-refractivity contribution in [3.8, 4) is 0 Å². The summed E-state index contributed by atoms with van der Waals surface area (Å²) in [5.74, 6) is 0.616. The fraction of sp³-hybridized carbons (Fsp3) is 0.556. The lowest BCUT2D eigenvalue weighted by molar-refractivity contribution is -0.0774. The highest BCUT2D eigenvalue weighted by molar-refractivity contribution is 6.30. The molecule has 2 aromatic rings. The van der Waals surface area contributed by atoms with Crippen molar-refractivity contribution < 1.29 is 5.11 Å². The maximum atomic E-state index is 11.8. The zero-order chi connectivity index (χ0) is 16.7. The Balaban J connectivity index is 2.05. The summed E-state index contributed by atoms with van der Waals surface area (Å²) in [6.07, 6.45) is 5.14. The predicted molar refractivity (Wildman–Crippen MR) is 91.3 cm³/mol. The highest BCUT2D eigenvalue weighted by Crippen LogP contribution is 2.54. The molecule has 3 atom stereocenters.